The Bertz CT molecular complexity index is 1070. The van der Waals surface area contributed by atoms with Crippen molar-refractivity contribution in [1.29, 1.82) is 5.26 Å². The molecule has 8 heteroatoms. The van der Waals surface area contributed by atoms with Crippen LogP contribution in [0.3, 0.4) is 0 Å². The van der Waals surface area contributed by atoms with Crippen molar-refractivity contribution in [2.24, 2.45) is 16.8 Å². The van der Waals surface area contributed by atoms with E-state index in [1.165, 1.54) is 0 Å². The summed E-state index contributed by atoms with van der Waals surface area (Å²) in [7, 11) is 0. The fourth-order valence-electron chi connectivity index (χ4n) is 3.92. The van der Waals surface area contributed by atoms with Gasteiger partial charge in [-0.15, -0.1) is 0 Å². The van der Waals surface area contributed by atoms with Gasteiger partial charge in [-0.05, 0) is 62.1 Å². The van der Waals surface area contributed by atoms with Gasteiger partial charge in [0.15, 0.2) is 0 Å². The van der Waals surface area contributed by atoms with E-state index in [1.807, 2.05) is 36.9 Å². The second-order valence-electron chi connectivity index (χ2n) is 8.25. The summed E-state index contributed by atoms with van der Waals surface area (Å²) in [4.78, 5) is 19.2. The Hall–Kier alpha value is -2.26. The largest absolute Gasteiger partial charge is 0.377 e. The first-order valence-electron chi connectivity index (χ1n) is 11.0. The summed E-state index contributed by atoms with van der Waals surface area (Å²) in [6.45, 7) is 5.19. The Morgan fingerprint density at radius 1 is 1.27 bits per heavy atom. The number of likely N-dealkylation sites (tertiary alicyclic amines) is 1. The van der Waals surface area contributed by atoms with Crippen LogP contribution >= 0.6 is 34.8 Å². The van der Waals surface area contributed by atoms with Gasteiger partial charge in [-0.2, -0.15) is 5.26 Å². The first kappa shape index (κ1) is 25.4. The van der Waals surface area contributed by atoms with E-state index in [2.05, 4.69) is 16.4 Å². The van der Waals surface area contributed by atoms with Crippen LogP contribution in [-0.2, 0) is 4.79 Å². The Kier molecular flexibility index (Phi) is 9.02. The lowest BCUT2D eigenvalue weighted by Crippen LogP contribution is -2.34. The highest BCUT2D eigenvalue weighted by molar-refractivity contribution is 6.35. The van der Waals surface area contributed by atoms with Crippen molar-refractivity contribution in [1.82, 2.24) is 4.90 Å². The molecule has 33 heavy (non-hydrogen) atoms. The highest BCUT2D eigenvalue weighted by Gasteiger charge is 2.29. The fraction of sp³-hybridized carbons (Fsp3) is 0.400. The monoisotopic (exact) mass is 504 g/mol. The lowest BCUT2D eigenvalue weighted by Gasteiger charge is -2.21. The van der Waals surface area contributed by atoms with E-state index in [-0.39, 0.29) is 23.8 Å². The summed E-state index contributed by atoms with van der Waals surface area (Å²) < 4.78 is 0. The van der Waals surface area contributed by atoms with Crippen LogP contribution in [0.4, 0.5) is 11.4 Å². The van der Waals surface area contributed by atoms with Gasteiger partial charge in [0.1, 0.15) is 0 Å². The number of aliphatic imine (C=N–C) groups is 1. The summed E-state index contributed by atoms with van der Waals surface area (Å²) in [5.41, 5.74) is 2.40. The Labute approximate surface area is 210 Å². The van der Waals surface area contributed by atoms with Crippen molar-refractivity contribution in [2.45, 2.75) is 39.2 Å². The van der Waals surface area contributed by atoms with E-state index >= 15 is 0 Å². The molecular weight excluding hydrogens is 479 g/mol. The minimum absolute atomic E-state index is 0.0507. The van der Waals surface area contributed by atoms with E-state index in [9.17, 15) is 4.79 Å². The molecule has 0 bridgehead atoms. The molecule has 1 heterocycles. The molecule has 1 fully saturated rings. The molecule has 2 aromatic carbocycles. The van der Waals surface area contributed by atoms with Gasteiger partial charge in [-0.25, -0.2) is 0 Å². The van der Waals surface area contributed by atoms with Crippen LogP contribution in [0.1, 0.15) is 44.7 Å². The van der Waals surface area contributed by atoms with E-state index in [0.717, 1.165) is 29.8 Å². The molecule has 3 atom stereocenters. The molecule has 0 saturated carbocycles. The second-order valence-corrected chi connectivity index (χ2v) is 9.50. The summed E-state index contributed by atoms with van der Waals surface area (Å²) >= 11 is 18.7. The third-order valence-corrected chi connectivity index (χ3v) is 6.80. The maximum atomic E-state index is 12.8. The standard InChI is InChI=1S/C25H27Cl3N4O/c1-3-18(25(33)32-11-9-17(14-29)15-32)8-10-30-20-5-7-22(27)24(13-20)31-16(2)21-6-4-19(26)12-23(21)28/h4-7,10,12-13,16-18,31H,3,8-9,11,15H2,1-2H3. The number of nitriles is 1. The number of halogens is 3. The molecule has 5 nitrogen and oxygen atoms in total. The lowest BCUT2D eigenvalue weighted by atomic mass is 10.0. The quantitative estimate of drug-likeness (QED) is 0.382. The summed E-state index contributed by atoms with van der Waals surface area (Å²) in [6, 6.07) is 13.1. The van der Waals surface area contributed by atoms with Gasteiger partial charge >= 0.3 is 0 Å². The summed E-state index contributed by atoms with van der Waals surface area (Å²) in [5.74, 6) is -0.0813. The van der Waals surface area contributed by atoms with Crippen molar-refractivity contribution >= 4 is 58.3 Å². The molecule has 1 aliphatic heterocycles. The maximum Gasteiger partial charge on any atom is 0.226 e. The van der Waals surface area contributed by atoms with Crippen molar-refractivity contribution in [2.75, 3.05) is 18.4 Å². The minimum atomic E-state index is -0.136. The summed E-state index contributed by atoms with van der Waals surface area (Å²) in [5, 5.41) is 14.2. The van der Waals surface area contributed by atoms with Crippen LogP contribution < -0.4 is 5.32 Å². The van der Waals surface area contributed by atoms with Crippen molar-refractivity contribution in [3.8, 4) is 6.07 Å². The number of amides is 1. The zero-order valence-corrected chi connectivity index (χ0v) is 21.0. The number of hydrogen-bond donors (Lipinski definition) is 1. The van der Waals surface area contributed by atoms with Crippen LogP contribution in [0.15, 0.2) is 41.4 Å². The molecule has 1 N–H and O–H groups in total. The number of carbonyl (C=O) groups excluding carboxylic acids is 1. The van der Waals surface area contributed by atoms with Crippen molar-refractivity contribution in [3.05, 3.63) is 57.0 Å². The van der Waals surface area contributed by atoms with Gasteiger partial charge in [0.05, 0.1) is 34.4 Å². The number of anilines is 1. The van der Waals surface area contributed by atoms with Crippen LogP contribution in [0.5, 0.6) is 0 Å². The zero-order chi connectivity index (χ0) is 24.0. The average molecular weight is 506 g/mol. The van der Waals surface area contributed by atoms with Gasteiger partial charge < -0.3 is 10.2 Å². The first-order valence-corrected chi connectivity index (χ1v) is 12.2. The van der Waals surface area contributed by atoms with Gasteiger partial charge in [0, 0.05) is 35.3 Å². The number of nitrogens with one attached hydrogen (secondary N) is 1. The van der Waals surface area contributed by atoms with Gasteiger partial charge in [0.2, 0.25) is 5.91 Å². The molecule has 1 amide bonds. The van der Waals surface area contributed by atoms with E-state index in [1.54, 1.807) is 24.4 Å². The van der Waals surface area contributed by atoms with Gasteiger partial charge in [-0.1, -0.05) is 47.8 Å². The molecule has 0 aromatic heterocycles. The van der Waals surface area contributed by atoms with Crippen molar-refractivity contribution in [3.63, 3.8) is 0 Å². The topological polar surface area (TPSA) is 68.5 Å². The van der Waals surface area contributed by atoms with Crippen LogP contribution in [-0.4, -0.2) is 30.1 Å². The van der Waals surface area contributed by atoms with Gasteiger partial charge in [0.25, 0.3) is 0 Å². The van der Waals surface area contributed by atoms with E-state index < -0.39 is 0 Å². The molecule has 1 saturated heterocycles. The van der Waals surface area contributed by atoms with Crippen LogP contribution in [0, 0.1) is 23.2 Å². The number of hydrogen-bond acceptors (Lipinski definition) is 4. The SMILES string of the molecule is CCC(CC=Nc1ccc(Cl)c(NC(C)c2ccc(Cl)cc2Cl)c1)C(=O)N1CCC(C#N)C1. The number of nitrogens with zero attached hydrogens (tertiary/aromatic N) is 3. The van der Waals surface area contributed by atoms with Crippen LogP contribution in [0.2, 0.25) is 15.1 Å². The molecule has 3 unspecified atom stereocenters. The maximum absolute atomic E-state index is 12.8. The Balaban J connectivity index is 1.65. The fourth-order valence-corrected chi connectivity index (χ4v) is 4.66. The van der Waals surface area contributed by atoms with E-state index in [4.69, 9.17) is 40.1 Å². The number of benzene rings is 2. The lowest BCUT2D eigenvalue weighted by molar-refractivity contribution is -0.134. The zero-order valence-electron chi connectivity index (χ0n) is 18.7. The van der Waals surface area contributed by atoms with E-state index in [0.29, 0.717) is 34.6 Å². The highest BCUT2D eigenvalue weighted by Crippen LogP contribution is 2.33. The molecule has 0 aliphatic carbocycles. The third kappa shape index (κ3) is 6.63. The predicted octanol–water partition coefficient (Wildman–Crippen LogP) is 7.31. The molecule has 2 aromatic rings. The van der Waals surface area contributed by atoms with Gasteiger partial charge in [-0.3, -0.25) is 9.79 Å². The number of rotatable bonds is 8. The normalized spacial score (nSPS) is 17.7. The first-order chi connectivity index (χ1) is 15.8. The smallest absolute Gasteiger partial charge is 0.226 e. The molecule has 0 spiro atoms. The summed E-state index contributed by atoms with van der Waals surface area (Å²) in [6.07, 6.45) is 3.82. The second kappa shape index (κ2) is 11.7. The predicted molar refractivity (Wildman–Crippen MR) is 137 cm³/mol. The molecule has 1 aliphatic rings. The number of carbonyl (C=O) groups is 1. The molecule has 174 valence electrons. The molecule has 3 rings (SSSR count). The minimum Gasteiger partial charge on any atom is -0.377 e. The third-order valence-electron chi connectivity index (χ3n) is 5.91. The average Bonchev–Trinajstić information content (AvgIpc) is 3.27. The van der Waals surface area contributed by atoms with Crippen molar-refractivity contribution < 1.29 is 4.79 Å². The molecular formula is C25H27Cl3N4O. The van der Waals surface area contributed by atoms with Crippen LogP contribution in [0.25, 0.3) is 0 Å². The Morgan fingerprint density at radius 3 is 2.73 bits per heavy atom. The highest BCUT2D eigenvalue weighted by atomic mass is 35.5. The molecule has 0 radical (unpaired) electrons. The Morgan fingerprint density at radius 2 is 2.06 bits per heavy atom.